The summed E-state index contributed by atoms with van der Waals surface area (Å²) in [5, 5.41) is 9.19. The largest absolute Gasteiger partial charge is 0.378 e. The lowest BCUT2D eigenvalue weighted by atomic mass is 10.1. The number of para-hydroxylation sites is 1. The van der Waals surface area contributed by atoms with Crippen LogP contribution >= 0.6 is 11.8 Å². The number of carbonyl (C=O) groups excluding carboxylic acids is 1. The van der Waals surface area contributed by atoms with Crippen molar-refractivity contribution >= 4 is 29.3 Å². The van der Waals surface area contributed by atoms with Gasteiger partial charge in [0.25, 0.3) is 0 Å². The summed E-state index contributed by atoms with van der Waals surface area (Å²) >= 11 is 1.47. The van der Waals surface area contributed by atoms with Crippen molar-refractivity contribution in [3.63, 3.8) is 0 Å². The molecule has 0 aliphatic carbocycles. The lowest BCUT2D eigenvalue weighted by molar-refractivity contribution is -0.118. The second-order valence-electron chi connectivity index (χ2n) is 7.09. The summed E-state index contributed by atoms with van der Waals surface area (Å²) in [4.78, 5) is 17.3. The van der Waals surface area contributed by atoms with Gasteiger partial charge in [0.05, 0.1) is 18.5 Å². The Morgan fingerprint density at radius 3 is 2.78 bits per heavy atom. The third-order valence-corrected chi connectivity index (χ3v) is 6.30. The highest BCUT2D eigenvalue weighted by Crippen LogP contribution is 2.34. The molecule has 7 nitrogen and oxygen atoms in total. The smallest absolute Gasteiger partial charge is 0.240 e. The molecule has 0 radical (unpaired) electrons. The number of hydrogen-bond donors (Lipinski definition) is 0. The zero-order valence-electron chi connectivity index (χ0n) is 16.0. The first-order valence-electron chi connectivity index (χ1n) is 9.36. The van der Waals surface area contributed by atoms with E-state index < -0.39 is 0 Å². The van der Waals surface area contributed by atoms with E-state index >= 15 is 0 Å². The van der Waals surface area contributed by atoms with Crippen molar-refractivity contribution < 1.29 is 9.53 Å². The van der Waals surface area contributed by atoms with Gasteiger partial charge in [-0.25, -0.2) is 0 Å². The fraction of sp³-hybridized carbons (Fsp3) is 0.526. The molecular formula is C19H25N5O2S. The number of hydrogen-bond acceptors (Lipinski definition) is 6. The molecule has 1 saturated heterocycles. The molecule has 0 N–H and O–H groups in total. The van der Waals surface area contributed by atoms with Gasteiger partial charge in [-0.2, -0.15) is 0 Å². The monoisotopic (exact) mass is 387 g/mol. The number of fused-ring (bicyclic) bond motifs is 1. The zero-order chi connectivity index (χ0) is 19.0. The molecule has 144 valence electrons. The van der Waals surface area contributed by atoms with Crippen LogP contribution < -0.4 is 9.80 Å². The third-order valence-electron chi connectivity index (χ3n) is 5.18. The number of amides is 1. The SMILES string of the molecule is CC(Sc1nnc(N2CCOCC2)n1C)C(=O)N1c2ccccc2CC1C. The van der Waals surface area contributed by atoms with Crippen LogP contribution in [0.3, 0.4) is 0 Å². The topological polar surface area (TPSA) is 63.5 Å². The van der Waals surface area contributed by atoms with Crippen LogP contribution in [0, 0.1) is 0 Å². The van der Waals surface area contributed by atoms with Gasteiger partial charge in [0, 0.05) is 31.9 Å². The van der Waals surface area contributed by atoms with Crippen LogP contribution in [0.1, 0.15) is 19.4 Å². The molecule has 8 heteroatoms. The van der Waals surface area contributed by atoms with Crippen LogP contribution in [-0.2, 0) is 23.0 Å². The maximum atomic E-state index is 13.2. The van der Waals surface area contributed by atoms with Crippen LogP contribution in [0.4, 0.5) is 11.6 Å². The number of anilines is 2. The summed E-state index contributed by atoms with van der Waals surface area (Å²) in [7, 11) is 1.96. The Kier molecular flexibility index (Phi) is 5.10. The van der Waals surface area contributed by atoms with Crippen molar-refractivity contribution in [3.05, 3.63) is 29.8 Å². The van der Waals surface area contributed by atoms with Crippen LogP contribution in [0.2, 0.25) is 0 Å². The average molecular weight is 388 g/mol. The average Bonchev–Trinajstić information content (AvgIpc) is 3.21. The molecule has 4 rings (SSSR count). The maximum Gasteiger partial charge on any atom is 0.240 e. The predicted octanol–water partition coefficient (Wildman–Crippen LogP) is 2.11. The van der Waals surface area contributed by atoms with Gasteiger partial charge < -0.3 is 14.5 Å². The van der Waals surface area contributed by atoms with Gasteiger partial charge >= 0.3 is 0 Å². The van der Waals surface area contributed by atoms with E-state index in [0.29, 0.717) is 13.2 Å². The highest BCUT2D eigenvalue weighted by molar-refractivity contribution is 8.00. The van der Waals surface area contributed by atoms with E-state index in [-0.39, 0.29) is 17.2 Å². The van der Waals surface area contributed by atoms with Crippen LogP contribution in [-0.4, -0.2) is 58.3 Å². The Bertz CT molecular complexity index is 833. The number of aromatic nitrogens is 3. The first-order valence-corrected chi connectivity index (χ1v) is 10.2. The maximum absolute atomic E-state index is 13.2. The molecule has 3 heterocycles. The molecule has 0 saturated carbocycles. The van der Waals surface area contributed by atoms with Crippen molar-refractivity contribution in [1.82, 2.24) is 14.8 Å². The summed E-state index contributed by atoms with van der Waals surface area (Å²) in [6, 6.07) is 8.35. The molecule has 2 unspecified atom stereocenters. The lowest BCUT2D eigenvalue weighted by Crippen LogP contribution is -2.40. The van der Waals surface area contributed by atoms with E-state index in [1.807, 2.05) is 41.6 Å². The second kappa shape index (κ2) is 7.52. The molecule has 2 aromatic rings. The molecule has 0 bridgehead atoms. The number of nitrogens with zero attached hydrogens (tertiary/aromatic N) is 5. The number of rotatable bonds is 4. The van der Waals surface area contributed by atoms with Crippen LogP contribution in [0.25, 0.3) is 0 Å². The fourth-order valence-electron chi connectivity index (χ4n) is 3.75. The Balaban J connectivity index is 1.49. The third kappa shape index (κ3) is 3.43. The number of carbonyl (C=O) groups is 1. The van der Waals surface area contributed by atoms with Crippen LogP contribution in [0.15, 0.2) is 29.4 Å². The Labute approximate surface area is 163 Å². The molecule has 27 heavy (non-hydrogen) atoms. The van der Waals surface area contributed by atoms with Crippen molar-refractivity contribution in [3.8, 4) is 0 Å². The van der Waals surface area contributed by atoms with E-state index in [4.69, 9.17) is 4.74 Å². The lowest BCUT2D eigenvalue weighted by Gasteiger charge is -2.27. The molecule has 1 fully saturated rings. The molecule has 1 aromatic carbocycles. The predicted molar refractivity (Wildman–Crippen MR) is 106 cm³/mol. The molecule has 1 aromatic heterocycles. The molecular weight excluding hydrogens is 362 g/mol. The van der Waals surface area contributed by atoms with Crippen molar-refractivity contribution in [1.29, 1.82) is 0 Å². The molecule has 2 atom stereocenters. The molecule has 2 aliphatic rings. The summed E-state index contributed by atoms with van der Waals surface area (Å²) in [6.45, 7) is 7.09. The summed E-state index contributed by atoms with van der Waals surface area (Å²) in [5.74, 6) is 0.953. The number of benzene rings is 1. The Morgan fingerprint density at radius 2 is 2.00 bits per heavy atom. The quantitative estimate of drug-likeness (QED) is 0.749. The number of ether oxygens (including phenoxy) is 1. The standard InChI is InChI=1S/C19H25N5O2S/c1-13-12-15-6-4-5-7-16(15)24(13)17(25)14(2)27-19-21-20-18(22(19)3)23-8-10-26-11-9-23/h4-7,13-14H,8-12H2,1-3H3. The first kappa shape index (κ1) is 18.3. The van der Waals surface area contributed by atoms with Gasteiger partial charge in [0.1, 0.15) is 0 Å². The molecule has 0 spiro atoms. The van der Waals surface area contributed by atoms with Crippen molar-refractivity contribution in [2.45, 2.75) is 36.7 Å². The number of thioether (sulfide) groups is 1. The van der Waals surface area contributed by atoms with E-state index in [9.17, 15) is 4.79 Å². The minimum absolute atomic E-state index is 0.119. The van der Waals surface area contributed by atoms with Crippen molar-refractivity contribution in [2.24, 2.45) is 7.05 Å². The Morgan fingerprint density at radius 1 is 1.26 bits per heavy atom. The minimum atomic E-state index is -0.237. The Hall–Kier alpha value is -2.06. The van der Waals surface area contributed by atoms with Gasteiger partial charge in [0.2, 0.25) is 11.9 Å². The van der Waals surface area contributed by atoms with Gasteiger partial charge in [-0.05, 0) is 31.9 Å². The highest BCUT2D eigenvalue weighted by Gasteiger charge is 2.34. The van der Waals surface area contributed by atoms with E-state index in [2.05, 4.69) is 28.1 Å². The van der Waals surface area contributed by atoms with Gasteiger partial charge in [-0.15, -0.1) is 10.2 Å². The van der Waals surface area contributed by atoms with E-state index in [1.54, 1.807) is 0 Å². The normalized spacial score (nSPS) is 20.6. The van der Waals surface area contributed by atoms with Crippen molar-refractivity contribution in [2.75, 3.05) is 36.1 Å². The second-order valence-corrected chi connectivity index (χ2v) is 8.40. The van der Waals surface area contributed by atoms with Gasteiger partial charge in [0.15, 0.2) is 5.16 Å². The summed E-state index contributed by atoms with van der Waals surface area (Å²) < 4.78 is 7.38. The summed E-state index contributed by atoms with van der Waals surface area (Å²) in [6.07, 6.45) is 0.907. The fourth-order valence-corrected chi connectivity index (χ4v) is 4.61. The first-order chi connectivity index (χ1) is 13.1. The van der Waals surface area contributed by atoms with E-state index in [0.717, 1.165) is 36.3 Å². The zero-order valence-corrected chi connectivity index (χ0v) is 16.8. The molecule has 1 amide bonds. The van der Waals surface area contributed by atoms with Gasteiger partial charge in [-0.3, -0.25) is 9.36 Å². The summed E-state index contributed by atoms with van der Waals surface area (Å²) in [5.41, 5.74) is 2.28. The van der Waals surface area contributed by atoms with E-state index in [1.165, 1.54) is 17.3 Å². The molecule has 2 aliphatic heterocycles. The number of morpholine rings is 1. The van der Waals surface area contributed by atoms with Gasteiger partial charge in [-0.1, -0.05) is 30.0 Å². The minimum Gasteiger partial charge on any atom is -0.378 e. The highest BCUT2D eigenvalue weighted by atomic mass is 32.2. The van der Waals surface area contributed by atoms with Crippen LogP contribution in [0.5, 0.6) is 0 Å².